The first-order valence-corrected chi connectivity index (χ1v) is 5.02. The van der Waals surface area contributed by atoms with Crippen molar-refractivity contribution in [3.63, 3.8) is 0 Å². The Bertz CT molecular complexity index is 641. The van der Waals surface area contributed by atoms with Crippen LogP contribution in [0.2, 0.25) is 0 Å². The molecule has 2 aromatic carbocycles. The number of aryl methyl sites for hydroxylation is 1. The van der Waals surface area contributed by atoms with Crippen LogP contribution in [-0.4, -0.2) is 4.98 Å². The predicted octanol–water partition coefficient (Wildman–Crippen LogP) is 3.50. The fourth-order valence-corrected chi connectivity index (χ4v) is 1.85. The molecule has 0 bridgehead atoms. The highest BCUT2D eigenvalue weighted by Crippen LogP contribution is 2.21. The molecule has 0 aliphatic carbocycles. The van der Waals surface area contributed by atoms with E-state index in [0.29, 0.717) is 0 Å². The van der Waals surface area contributed by atoms with E-state index in [1.165, 1.54) is 5.56 Å². The average Bonchev–Trinajstić information content (AvgIpc) is 2.27. The first kappa shape index (κ1) is 8.42. The van der Waals surface area contributed by atoms with Crippen molar-refractivity contribution in [2.24, 2.45) is 0 Å². The highest BCUT2D eigenvalue weighted by Gasteiger charge is 2.00. The molecule has 0 spiro atoms. The second-order valence-electron chi connectivity index (χ2n) is 3.72. The summed E-state index contributed by atoms with van der Waals surface area (Å²) in [5, 5.41) is 2.20. The lowest BCUT2D eigenvalue weighted by atomic mass is 10.1. The van der Waals surface area contributed by atoms with Crippen LogP contribution in [0.3, 0.4) is 0 Å². The highest BCUT2D eigenvalue weighted by atomic mass is 14.7. The minimum Gasteiger partial charge on any atom is -0.248 e. The van der Waals surface area contributed by atoms with E-state index >= 15 is 0 Å². The van der Waals surface area contributed by atoms with Crippen molar-refractivity contribution < 1.29 is 0 Å². The van der Waals surface area contributed by atoms with Gasteiger partial charge in [0.15, 0.2) is 0 Å². The van der Waals surface area contributed by atoms with Crippen molar-refractivity contribution >= 4 is 21.8 Å². The number of rotatable bonds is 0. The summed E-state index contributed by atoms with van der Waals surface area (Å²) in [5.74, 6) is 0. The van der Waals surface area contributed by atoms with E-state index in [9.17, 15) is 0 Å². The molecule has 71 valence electrons. The van der Waals surface area contributed by atoms with Crippen LogP contribution >= 0.6 is 0 Å². The molecule has 1 heterocycles. The lowest BCUT2D eigenvalue weighted by Gasteiger charge is -2.02. The van der Waals surface area contributed by atoms with Crippen molar-refractivity contribution in [1.29, 1.82) is 0 Å². The maximum Gasteiger partial charge on any atom is 0.0718 e. The zero-order chi connectivity index (χ0) is 10.3. The van der Waals surface area contributed by atoms with Crippen LogP contribution in [0, 0.1) is 13.0 Å². The van der Waals surface area contributed by atoms with Gasteiger partial charge in [0.25, 0.3) is 0 Å². The SMILES string of the molecule is Cc1cccc2nc3ccccc3[c]c12. The van der Waals surface area contributed by atoms with Gasteiger partial charge in [0.1, 0.15) is 0 Å². The molecular weight excluding hydrogens is 182 g/mol. The average molecular weight is 192 g/mol. The number of fused-ring (bicyclic) bond motifs is 2. The summed E-state index contributed by atoms with van der Waals surface area (Å²) in [6.07, 6.45) is 0. The summed E-state index contributed by atoms with van der Waals surface area (Å²) in [6, 6.07) is 17.7. The van der Waals surface area contributed by atoms with Gasteiger partial charge in [-0.25, -0.2) is 4.98 Å². The van der Waals surface area contributed by atoms with Crippen LogP contribution in [0.1, 0.15) is 5.56 Å². The van der Waals surface area contributed by atoms with Gasteiger partial charge in [0, 0.05) is 16.8 Å². The van der Waals surface area contributed by atoms with Crippen molar-refractivity contribution in [1.82, 2.24) is 4.98 Å². The minimum atomic E-state index is 1.01. The molecule has 3 rings (SSSR count). The van der Waals surface area contributed by atoms with E-state index in [1.807, 2.05) is 36.4 Å². The van der Waals surface area contributed by atoms with Crippen LogP contribution in [-0.2, 0) is 0 Å². The van der Waals surface area contributed by atoms with Gasteiger partial charge in [-0.1, -0.05) is 30.3 Å². The quantitative estimate of drug-likeness (QED) is 0.497. The Morgan fingerprint density at radius 3 is 2.67 bits per heavy atom. The summed E-state index contributed by atoms with van der Waals surface area (Å²) in [6.45, 7) is 2.09. The molecule has 0 atom stereocenters. The zero-order valence-corrected chi connectivity index (χ0v) is 8.49. The Morgan fingerprint density at radius 2 is 1.73 bits per heavy atom. The van der Waals surface area contributed by atoms with E-state index in [0.717, 1.165) is 21.8 Å². The predicted molar refractivity (Wildman–Crippen MR) is 62.8 cm³/mol. The number of benzene rings is 2. The molecule has 0 amide bonds. The van der Waals surface area contributed by atoms with Crippen molar-refractivity contribution in [2.75, 3.05) is 0 Å². The fraction of sp³-hybridized carbons (Fsp3) is 0.0714. The Hall–Kier alpha value is -1.89. The lowest BCUT2D eigenvalue weighted by Crippen LogP contribution is -1.84. The molecule has 0 saturated carbocycles. The normalized spacial score (nSPS) is 11.0. The number of nitrogens with zero attached hydrogens (tertiary/aromatic N) is 1. The van der Waals surface area contributed by atoms with E-state index in [4.69, 9.17) is 0 Å². The fourth-order valence-electron chi connectivity index (χ4n) is 1.85. The number of para-hydroxylation sites is 1. The molecule has 1 radical (unpaired) electrons. The topological polar surface area (TPSA) is 12.9 Å². The molecule has 0 aliphatic heterocycles. The molecule has 1 aromatic heterocycles. The molecular formula is C14H10N. The van der Waals surface area contributed by atoms with Gasteiger partial charge in [-0.3, -0.25) is 0 Å². The maximum absolute atomic E-state index is 4.61. The third-order valence-corrected chi connectivity index (χ3v) is 2.66. The number of aromatic nitrogens is 1. The second kappa shape index (κ2) is 3.06. The summed E-state index contributed by atoms with van der Waals surface area (Å²) in [5.41, 5.74) is 3.26. The van der Waals surface area contributed by atoms with Crippen LogP contribution in [0.25, 0.3) is 21.8 Å². The Labute approximate surface area is 88.4 Å². The van der Waals surface area contributed by atoms with Crippen molar-refractivity contribution in [2.45, 2.75) is 6.92 Å². The molecule has 1 heteroatoms. The third-order valence-electron chi connectivity index (χ3n) is 2.66. The summed E-state index contributed by atoms with van der Waals surface area (Å²) in [7, 11) is 0. The monoisotopic (exact) mass is 192 g/mol. The molecule has 0 unspecified atom stereocenters. The Balaban J connectivity index is 2.53. The first-order chi connectivity index (χ1) is 7.34. The van der Waals surface area contributed by atoms with Gasteiger partial charge in [-0.2, -0.15) is 0 Å². The van der Waals surface area contributed by atoms with Gasteiger partial charge < -0.3 is 0 Å². The first-order valence-electron chi connectivity index (χ1n) is 5.02. The van der Waals surface area contributed by atoms with Crippen LogP contribution in [0.15, 0.2) is 42.5 Å². The second-order valence-corrected chi connectivity index (χ2v) is 3.72. The van der Waals surface area contributed by atoms with Crippen molar-refractivity contribution in [3.8, 4) is 0 Å². The smallest absolute Gasteiger partial charge is 0.0718 e. The largest absolute Gasteiger partial charge is 0.248 e. The lowest BCUT2D eigenvalue weighted by molar-refractivity contribution is 1.45. The van der Waals surface area contributed by atoms with Gasteiger partial charge in [-0.05, 0) is 24.6 Å². The molecule has 15 heavy (non-hydrogen) atoms. The molecule has 3 aromatic rings. The molecule has 0 saturated heterocycles. The minimum absolute atomic E-state index is 1.01. The van der Waals surface area contributed by atoms with Gasteiger partial charge in [0.05, 0.1) is 11.0 Å². The van der Waals surface area contributed by atoms with Crippen LogP contribution < -0.4 is 0 Å². The summed E-state index contributed by atoms with van der Waals surface area (Å²) < 4.78 is 0. The van der Waals surface area contributed by atoms with Crippen molar-refractivity contribution in [3.05, 3.63) is 54.1 Å². The summed E-state index contributed by atoms with van der Waals surface area (Å²) >= 11 is 0. The van der Waals surface area contributed by atoms with Gasteiger partial charge in [-0.15, -0.1) is 0 Å². The Kier molecular flexibility index (Phi) is 1.72. The Morgan fingerprint density at radius 1 is 0.933 bits per heavy atom. The van der Waals surface area contributed by atoms with Crippen LogP contribution in [0.4, 0.5) is 0 Å². The zero-order valence-electron chi connectivity index (χ0n) is 8.49. The molecule has 0 N–H and O–H groups in total. The standard InChI is InChI=1S/C14H10N/c1-10-5-4-8-14-12(10)9-11-6-2-3-7-13(11)15-14/h2-8H,1H3. The van der Waals surface area contributed by atoms with Gasteiger partial charge in [0.2, 0.25) is 0 Å². The van der Waals surface area contributed by atoms with E-state index in [-0.39, 0.29) is 0 Å². The maximum atomic E-state index is 4.61. The third kappa shape index (κ3) is 1.28. The molecule has 0 fully saturated rings. The molecule has 0 aliphatic rings. The van der Waals surface area contributed by atoms with Crippen LogP contribution in [0.5, 0.6) is 0 Å². The highest BCUT2D eigenvalue weighted by molar-refractivity contribution is 5.93. The number of hydrogen-bond acceptors (Lipinski definition) is 1. The summed E-state index contributed by atoms with van der Waals surface area (Å²) in [4.78, 5) is 4.61. The van der Waals surface area contributed by atoms with E-state index in [1.54, 1.807) is 0 Å². The number of hydrogen-bond donors (Lipinski definition) is 0. The molecule has 1 nitrogen and oxygen atoms in total. The van der Waals surface area contributed by atoms with E-state index < -0.39 is 0 Å². The van der Waals surface area contributed by atoms with Gasteiger partial charge >= 0.3 is 0 Å². The van der Waals surface area contributed by atoms with E-state index in [2.05, 4.69) is 24.0 Å². The number of pyridine rings is 1.